The summed E-state index contributed by atoms with van der Waals surface area (Å²) >= 11 is 0. The van der Waals surface area contributed by atoms with Crippen LogP contribution in [0.25, 0.3) is 16.9 Å². The molecule has 46 heavy (non-hydrogen) atoms. The Kier molecular flexibility index (Phi) is 8.97. The predicted molar refractivity (Wildman–Crippen MR) is 182 cm³/mol. The van der Waals surface area contributed by atoms with E-state index in [1.54, 1.807) is 24.3 Å². The van der Waals surface area contributed by atoms with Gasteiger partial charge in [0.2, 0.25) is 0 Å². The number of carbonyl (C=O) groups is 2. The quantitative estimate of drug-likeness (QED) is 0.298. The Hall–Kier alpha value is -4.48. The van der Waals surface area contributed by atoms with E-state index in [4.69, 9.17) is 14.8 Å². The van der Waals surface area contributed by atoms with Crippen LogP contribution in [0.1, 0.15) is 49.7 Å². The Bertz CT molecular complexity index is 1680. The van der Waals surface area contributed by atoms with Crippen LogP contribution in [-0.2, 0) is 10.2 Å². The summed E-state index contributed by atoms with van der Waals surface area (Å²) in [5.41, 5.74) is 4.71. The molecule has 2 N–H and O–H groups in total. The second-order valence-corrected chi connectivity index (χ2v) is 13.3. The molecule has 0 aliphatic carbocycles. The van der Waals surface area contributed by atoms with Gasteiger partial charge in [-0.15, -0.1) is 5.10 Å². The summed E-state index contributed by atoms with van der Waals surface area (Å²) in [6.45, 7) is 10.9. The van der Waals surface area contributed by atoms with Gasteiger partial charge in [-0.1, -0.05) is 20.8 Å². The third-order valence-corrected chi connectivity index (χ3v) is 8.84. The van der Waals surface area contributed by atoms with Gasteiger partial charge in [-0.05, 0) is 87.6 Å². The monoisotopic (exact) mass is 624 g/mol. The van der Waals surface area contributed by atoms with Crippen LogP contribution < -0.4 is 15.5 Å². The second kappa shape index (κ2) is 13.1. The average Bonchev–Trinajstić information content (AvgIpc) is 3.50. The number of morpholine rings is 1. The number of hydrogen-bond acceptors (Lipinski definition) is 7. The van der Waals surface area contributed by atoms with E-state index in [1.807, 2.05) is 33.7 Å². The van der Waals surface area contributed by atoms with Crippen LogP contribution in [0.15, 0.2) is 60.7 Å². The van der Waals surface area contributed by atoms with Gasteiger partial charge in [-0.3, -0.25) is 4.79 Å². The standard InChI is InChI=1S/C35H44N8O3/c1-35(2,3)30-15-14-29-32(41-20-22-46-23-21-41)38-31(39-43(29)30)24-6-10-26(11-7-24)36-34(45)37-27-12-8-25(9-13-27)33(44)42-18-16-28(17-19-42)40(4)5/h6-15,28H,16-23H2,1-5H3,(H2,36,37,45). The number of urea groups is 1. The van der Waals surface area contributed by atoms with Crippen LogP contribution in [0.4, 0.5) is 22.0 Å². The van der Waals surface area contributed by atoms with Crippen LogP contribution in [0, 0.1) is 0 Å². The van der Waals surface area contributed by atoms with Gasteiger partial charge < -0.3 is 30.1 Å². The summed E-state index contributed by atoms with van der Waals surface area (Å²) < 4.78 is 7.60. The Labute approximate surface area is 270 Å². The number of benzene rings is 2. The molecule has 4 heterocycles. The Morgan fingerprint density at radius 3 is 2.04 bits per heavy atom. The van der Waals surface area contributed by atoms with Crippen molar-refractivity contribution < 1.29 is 14.3 Å². The van der Waals surface area contributed by atoms with E-state index in [-0.39, 0.29) is 17.4 Å². The van der Waals surface area contributed by atoms with Gasteiger partial charge in [0.25, 0.3) is 5.91 Å². The number of carbonyl (C=O) groups excluding carboxylic acids is 2. The molecule has 2 aromatic heterocycles. The van der Waals surface area contributed by atoms with Gasteiger partial charge in [0, 0.05) is 65.8 Å². The van der Waals surface area contributed by atoms with Crippen LogP contribution >= 0.6 is 0 Å². The maximum Gasteiger partial charge on any atom is 0.323 e. The topological polar surface area (TPSA) is 107 Å². The highest BCUT2D eigenvalue weighted by molar-refractivity contribution is 6.00. The molecule has 6 rings (SSSR count). The first-order valence-corrected chi connectivity index (χ1v) is 16.0. The molecule has 0 radical (unpaired) electrons. The molecule has 2 aliphatic heterocycles. The number of fused-ring (bicyclic) bond motifs is 1. The van der Waals surface area contributed by atoms with E-state index < -0.39 is 0 Å². The van der Waals surface area contributed by atoms with Crippen LogP contribution in [0.2, 0.25) is 0 Å². The number of piperidine rings is 1. The summed E-state index contributed by atoms with van der Waals surface area (Å²) in [5, 5.41) is 10.7. The average molecular weight is 625 g/mol. The molecule has 11 nitrogen and oxygen atoms in total. The number of aromatic nitrogens is 3. The van der Waals surface area contributed by atoms with E-state index in [2.05, 4.69) is 67.4 Å². The van der Waals surface area contributed by atoms with Crippen LogP contribution in [0.5, 0.6) is 0 Å². The van der Waals surface area contributed by atoms with Gasteiger partial charge in [-0.25, -0.2) is 14.3 Å². The van der Waals surface area contributed by atoms with Crippen LogP contribution in [0.3, 0.4) is 0 Å². The Morgan fingerprint density at radius 2 is 1.46 bits per heavy atom. The summed E-state index contributed by atoms with van der Waals surface area (Å²) in [7, 11) is 4.17. The summed E-state index contributed by atoms with van der Waals surface area (Å²) in [6.07, 6.45) is 1.95. The zero-order valence-corrected chi connectivity index (χ0v) is 27.4. The third kappa shape index (κ3) is 6.85. The molecule has 0 atom stereocenters. The first-order chi connectivity index (χ1) is 22.1. The lowest BCUT2D eigenvalue weighted by Gasteiger charge is -2.35. The number of hydrogen-bond donors (Lipinski definition) is 2. The molecule has 0 saturated carbocycles. The highest BCUT2D eigenvalue weighted by Crippen LogP contribution is 2.31. The molecule has 2 aliphatic rings. The fraction of sp³-hybridized carbons (Fsp3) is 0.429. The lowest BCUT2D eigenvalue weighted by atomic mass is 9.93. The normalized spacial score (nSPS) is 16.2. The Balaban J connectivity index is 1.12. The predicted octanol–water partition coefficient (Wildman–Crippen LogP) is 5.34. The molecule has 11 heteroatoms. The number of ether oxygens (including phenoxy) is 1. The van der Waals surface area contributed by atoms with Crippen molar-refractivity contribution in [2.24, 2.45) is 0 Å². The zero-order chi connectivity index (χ0) is 32.4. The minimum absolute atomic E-state index is 0.0277. The molecule has 4 aromatic rings. The maximum atomic E-state index is 13.0. The molecule has 0 spiro atoms. The smallest absolute Gasteiger partial charge is 0.323 e. The van der Waals surface area contributed by atoms with Gasteiger partial charge >= 0.3 is 6.03 Å². The number of rotatable bonds is 6. The van der Waals surface area contributed by atoms with Crippen molar-refractivity contribution in [3.05, 3.63) is 71.9 Å². The summed E-state index contributed by atoms with van der Waals surface area (Å²) in [6, 6.07) is 19.0. The van der Waals surface area contributed by atoms with E-state index in [0.717, 1.165) is 61.6 Å². The molecular formula is C35H44N8O3. The summed E-state index contributed by atoms with van der Waals surface area (Å²) in [4.78, 5) is 37.2. The SMILES string of the molecule is CN(C)C1CCN(C(=O)c2ccc(NC(=O)Nc3ccc(-c4nc(N5CCOCC5)c5ccc(C(C)(C)C)n5n4)cc3)cc2)CC1. The minimum atomic E-state index is -0.369. The highest BCUT2D eigenvalue weighted by atomic mass is 16.5. The van der Waals surface area contributed by atoms with Gasteiger partial charge in [0.15, 0.2) is 11.6 Å². The van der Waals surface area contributed by atoms with Gasteiger partial charge in [0.1, 0.15) is 5.52 Å². The number of anilines is 3. The van der Waals surface area contributed by atoms with E-state index in [1.165, 1.54) is 0 Å². The number of amides is 3. The van der Waals surface area contributed by atoms with Gasteiger partial charge in [-0.2, -0.15) is 0 Å². The molecular weight excluding hydrogens is 580 g/mol. The first kappa shape index (κ1) is 31.5. The second-order valence-electron chi connectivity index (χ2n) is 13.3. The molecule has 3 amide bonds. The molecule has 0 unspecified atom stereocenters. The fourth-order valence-electron chi connectivity index (χ4n) is 6.14. The van der Waals surface area contributed by atoms with Crippen molar-refractivity contribution in [1.29, 1.82) is 0 Å². The van der Waals surface area contributed by atoms with Crippen molar-refractivity contribution >= 4 is 34.6 Å². The lowest BCUT2D eigenvalue weighted by Crippen LogP contribution is -2.44. The zero-order valence-electron chi connectivity index (χ0n) is 27.4. The van der Waals surface area contributed by atoms with E-state index in [0.29, 0.717) is 42.0 Å². The largest absolute Gasteiger partial charge is 0.378 e. The number of nitrogens with one attached hydrogen (secondary N) is 2. The number of nitrogens with zero attached hydrogens (tertiary/aromatic N) is 6. The minimum Gasteiger partial charge on any atom is -0.378 e. The van der Waals surface area contributed by atoms with Crippen molar-refractivity contribution in [1.82, 2.24) is 24.4 Å². The lowest BCUT2D eigenvalue weighted by molar-refractivity contribution is 0.0663. The van der Waals surface area contributed by atoms with Crippen molar-refractivity contribution in [3.63, 3.8) is 0 Å². The third-order valence-electron chi connectivity index (χ3n) is 8.84. The highest BCUT2D eigenvalue weighted by Gasteiger charge is 2.26. The van der Waals surface area contributed by atoms with Crippen molar-refractivity contribution in [2.75, 3.05) is 69.0 Å². The Morgan fingerprint density at radius 1 is 0.848 bits per heavy atom. The molecule has 2 saturated heterocycles. The number of likely N-dealkylation sites (tertiary alicyclic amines) is 1. The maximum absolute atomic E-state index is 13.0. The molecule has 242 valence electrons. The van der Waals surface area contributed by atoms with E-state index >= 15 is 0 Å². The van der Waals surface area contributed by atoms with E-state index in [9.17, 15) is 9.59 Å². The van der Waals surface area contributed by atoms with Crippen LogP contribution in [-0.4, -0.2) is 95.9 Å². The summed E-state index contributed by atoms with van der Waals surface area (Å²) in [5.74, 6) is 1.54. The molecule has 2 fully saturated rings. The molecule has 0 bridgehead atoms. The van der Waals surface area contributed by atoms with Crippen molar-refractivity contribution in [2.45, 2.75) is 45.1 Å². The first-order valence-electron chi connectivity index (χ1n) is 16.0. The fourth-order valence-corrected chi connectivity index (χ4v) is 6.14. The van der Waals surface area contributed by atoms with Gasteiger partial charge in [0.05, 0.1) is 13.2 Å². The van der Waals surface area contributed by atoms with Crippen molar-refractivity contribution in [3.8, 4) is 11.4 Å². The molecule has 2 aromatic carbocycles.